The van der Waals surface area contributed by atoms with Gasteiger partial charge in [0.15, 0.2) is 5.82 Å². The topological polar surface area (TPSA) is 105 Å². The maximum atomic E-state index is 11.9. The minimum atomic E-state index is -0.162. The van der Waals surface area contributed by atoms with E-state index in [1.54, 1.807) is 25.5 Å². The monoisotopic (exact) mass is 341 g/mol. The van der Waals surface area contributed by atoms with Gasteiger partial charge in [-0.3, -0.25) is 9.89 Å². The van der Waals surface area contributed by atoms with Crippen LogP contribution in [-0.2, 0) is 24.3 Å². The fourth-order valence-electron chi connectivity index (χ4n) is 2.19. The molecule has 1 amide bonds. The molecule has 3 aromatic rings. The van der Waals surface area contributed by atoms with Crippen molar-refractivity contribution in [2.75, 3.05) is 12.4 Å². The van der Waals surface area contributed by atoms with E-state index in [4.69, 9.17) is 9.15 Å². The van der Waals surface area contributed by atoms with Crippen molar-refractivity contribution in [3.8, 4) is 5.75 Å². The summed E-state index contributed by atoms with van der Waals surface area (Å²) >= 11 is 0. The number of carbonyl (C=O) groups is 1. The van der Waals surface area contributed by atoms with E-state index in [1.165, 1.54) is 0 Å². The maximum absolute atomic E-state index is 11.9. The smallest absolute Gasteiger partial charge is 0.228 e. The first kappa shape index (κ1) is 16.6. The second-order valence-electron chi connectivity index (χ2n) is 5.31. The first-order valence-electron chi connectivity index (χ1n) is 7.80. The quantitative estimate of drug-likeness (QED) is 0.578. The van der Waals surface area contributed by atoms with E-state index in [-0.39, 0.29) is 12.3 Å². The molecule has 0 bridgehead atoms. The van der Waals surface area contributed by atoms with Gasteiger partial charge < -0.3 is 19.8 Å². The van der Waals surface area contributed by atoms with Crippen molar-refractivity contribution >= 4 is 11.6 Å². The largest absolute Gasteiger partial charge is 0.497 e. The summed E-state index contributed by atoms with van der Waals surface area (Å²) in [6, 6.07) is 11.2. The van der Waals surface area contributed by atoms with Gasteiger partial charge in [0.05, 0.1) is 32.9 Å². The van der Waals surface area contributed by atoms with Crippen molar-refractivity contribution < 1.29 is 13.9 Å². The van der Waals surface area contributed by atoms with Crippen molar-refractivity contribution in [2.24, 2.45) is 0 Å². The Morgan fingerprint density at radius 2 is 2.08 bits per heavy atom. The molecule has 0 aliphatic rings. The van der Waals surface area contributed by atoms with Crippen LogP contribution in [0.2, 0.25) is 0 Å². The summed E-state index contributed by atoms with van der Waals surface area (Å²) in [5.74, 6) is 2.44. The van der Waals surface area contributed by atoms with Gasteiger partial charge in [-0.15, -0.1) is 0 Å². The number of carbonyl (C=O) groups excluding carboxylic acids is 1. The fraction of sp³-hybridized carbons (Fsp3) is 0.235. The number of furan rings is 1. The Morgan fingerprint density at radius 3 is 2.80 bits per heavy atom. The van der Waals surface area contributed by atoms with E-state index in [0.717, 1.165) is 11.4 Å². The van der Waals surface area contributed by atoms with Crippen LogP contribution in [0.4, 0.5) is 5.69 Å². The zero-order chi connectivity index (χ0) is 17.5. The Morgan fingerprint density at radius 1 is 1.24 bits per heavy atom. The predicted molar refractivity (Wildman–Crippen MR) is 91.0 cm³/mol. The summed E-state index contributed by atoms with van der Waals surface area (Å²) in [5.41, 5.74) is 0.940. The molecule has 2 aromatic heterocycles. The number of amides is 1. The SMILES string of the molecule is COc1ccc(NCc2nc(CC(=O)NCc3ccco3)n[nH]2)cc1. The van der Waals surface area contributed by atoms with Crippen molar-refractivity contribution in [3.05, 3.63) is 60.1 Å². The molecule has 25 heavy (non-hydrogen) atoms. The highest BCUT2D eigenvalue weighted by molar-refractivity contribution is 5.77. The first-order valence-corrected chi connectivity index (χ1v) is 7.80. The van der Waals surface area contributed by atoms with Crippen LogP contribution < -0.4 is 15.4 Å². The third kappa shape index (κ3) is 4.84. The van der Waals surface area contributed by atoms with Crippen LogP contribution in [0.25, 0.3) is 0 Å². The molecule has 0 saturated heterocycles. The summed E-state index contributed by atoms with van der Waals surface area (Å²) in [6.45, 7) is 0.829. The number of ether oxygens (including phenoxy) is 1. The number of anilines is 1. The Labute approximate surface area is 144 Å². The van der Waals surface area contributed by atoms with E-state index in [9.17, 15) is 4.79 Å². The van der Waals surface area contributed by atoms with Crippen molar-refractivity contribution in [1.82, 2.24) is 20.5 Å². The Bertz CT molecular complexity index is 796. The maximum Gasteiger partial charge on any atom is 0.228 e. The standard InChI is InChI=1S/C17H19N5O3/c1-24-13-6-4-12(5-7-13)18-11-16-20-15(21-22-16)9-17(23)19-10-14-3-2-8-25-14/h2-8,18H,9-11H2,1H3,(H,19,23)(H,20,21,22). The Balaban J connectivity index is 1.45. The molecule has 0 radical (unpaired) electrons. The van der Waals surface area contributed by atoms with Crippen molar-refractivity contribution in [1.29, 1.82) is 0 Å². The van der Waals surface area contributed by atoms with Gasteiger partial charge >= 0.3 is 0 Å². The van der Waals surface area contributed by atoms with Gasteiger partial charge in [0, 0.05) is 5.69 Å². The molecule has 2 heterocycles. The van der Waals surface area contributed by atoms with Gasteiger partial charge in [-0.05, 0) is 36.4 Å². The van der Waals surface area contributed by atoms with Crippen LogP contribution in [-0.4, -0.2) is 28.2 Å². The molecule has 8 heteroatoms. The van der Waals surface area contributed by atoms with Gasteiger partial charge in [0.25, 0.3) is 0 Å². The molecule has 0 saturated carbocycles. The number of benzene rings is 1. The lowest BCUT2D eigenvalue weighted by atomic mass is 10.3. The number of aromatic nitrogens is 3. The minimum Gasteiger partial charge on any atom is -0.497 e. The van der Waals surface area contributed by atoms with Crippen molar-refractivity contribution in [3.63, 3.8) is 0 Å². The van der Waals surface area contributed by atoms with E-state index in [0.29, 0.717) is 30.5 Å². The molecule has 0 fully saturated rings. The number of rotatable bonds is 8. The third-order valence-corrected chi connectivity index (χ3v) is 3.49. The normalized spacial score (nSPS) is 10.4. The molecule has 1 aromatic carbocycles. The second kappa shape index (κ2) is 8.00. The second-order valence-corrected chi connectivity index (χ2v) is 5.31. The molecule has 130 valence electrons. The van der Waals surface area contributed by atoms with Crippen LogP contribution in [0.1, 0.15) is 17.4 Å². The predicted octanol–water partition coefficient (Wildman–Crippen LogP) is 1.88. The molecule has 0 unspecified atom stereocenters. The number of hydrogen-bond acceptors (Lipinski definition) is 6. The number of aromatic amines is 1. The molecule has 0 spiro atoms. The number of methoxy groups -OCH3 is 1. The first-order chi connectivity index (χ1) is 12.2. The van der Waals surface area contributed by atoms with Crippen LogP contribution in [0.15, 0.2) is 47.1 Å². The molecule has 8 nitrogen and oxygen atoms in total. The summed E-state index contributed by atoms with van der Waals surface area (Å²) in [5, 5.41) is 12.9. The van der Waals surface area contributed by atoms with E-state index in [1.807, 2.05) is 24.3 Å². The molecule has 3 N–H and O–H groups in total. The Hall–Kier alpha value is -3.29. The van der Waals surface area contributed by atoms with Gasteiger partial charge in [-0.25, -0.2) is 4.98 Å². The van der Waals surface area contributed by atoms with Crippen LogP contribution in [0.5, 0.6) is 5.75 Å². The van der Waals surface area contributed by atoms with Crippen LogP contribution in [0.3, 0.4) is 0 Å². The fourth-order valence-corrected chi connectivity index (χ4v) is 2.19. The zero-order valence-corrected chi connectivity index (χ0v) is 13.8. The minimum absolute atomic E-state index is 0.111. The number of nitrogens with one attached hydrogen (secondary N) is 3. The number of hydrogen-bond donors (Lipinski definition) is 3. The highest BCUT2D eigenvalue weighted by Gasteiger charge is 2.09. The summed E-state index contributed by atoms with van der Waals surface area (Å²) in [4.78, 5) is 16.2. The molecule has 3 rings (SSSR count). The van der Waals surface area contributed by atoms with E-state index >= 15 is 0 Å². The van der Waals surface area contributed by atoms with Gasteiger partial charge in [0.1, 0.15) is 17.3 Å². The van der Waals surface area contributed by atoms with E-state index < -0.39 is 0 Å². The van der Waals surface area contributed by atoms with Gasteiger partial charge in [0.2, 0.25) is 5.91 Å². The van der Waals surface area contributed by atoms with E-state index in [2.05, 4.69) is 25.8 Å². The lowest BCUT2D eigenvalue weighted by molar-refractivity contribution is -0.120. The lowest BCUT2D eigenvalue weighted by Crippen LogP contribution is -2.24. The summed E-state index contributed by atoms with van der Waals surface area (Å²) in [7, 11) is 1.63. The molecular formula is C17H19N5O3. The van der Waals surface area contributed by atoms with Gasteiger partial charge in [-0.2, -0.15) is 5.10 Å². The summed E-state index contributed by atoms with van der Waals surface area (Å²) < 4.78 is 10.3. The molecular weight excluding hydrogens is 322 g/mol. The molecule has 0 aliphatic heterocycles. The van der Waals surface area contributed by atoms with Crippen LogP contribution in [0, 0.1) is 0 Å². The molecule has 0 atom stereocenters. The average molecular weight is 341 g/mol. The zero-order valence-electron chi connectivity index (χ0n) is 13.8. The Kier molecular flexibility index (Phi) is 5.30. The van der Waals surface area contributed by atoms with Crippen molar-refractivity contribution in [2.45, 2.75) is 19.5 Å². The highest BCUT2D eigenvalue weighted by atomic mass is 16.5. The van der Waals surface area contributed by atoms with Gasteiger partial charge in [-0.1, -0.05) is 0 Å². The number of H-pyrrole nitrogens is 1. The highest BCUT2D eigenvalue weighted by Crippen LogP contribution is 2.15. The average Bonchev–Trinajstić information content (AvgIpc) is 3.30. The molecule has 0 aliphatic carbocycles. The third-order valence-electron chi connectivity index (χ3n) is 3.49. The lowest BCUT2D eigenvalue weighted by Gasteiger charge is -2.05. The van der Waals surface area contributed by atoms with Crippen LogP contribution >= 0.6 is 0 Å². The summed E-state index contributed by atoms with van der Waals surface area (Å²) in [6.07, 6.45) is 1.68. The number of nitrogens with zero attached hydrogens (tertiary/aromatic N) is 2.